The largest absolute Gasteiger partial charge is 0.508 e. The average molecular weight is 358 g/mol. The molecule has 0 amide bonds. The van der Waals surface area contributed by atoms with E-state index in [0.29, 0.717) is 6.54 Å². The molecule has 4 heteroatoms. The fourth-order valence-corrected chi connectivity index (χ4v) is 2.44. The third-order valence-electron chi connectivity index (χ3n) is 3.44. The number of aryl methyl sites for hydroxylation is 1. The molecule has 3 aromatic rings. The first-order valence-electron chi connectivity index (χ1n) is 7.00. The van der Waals surface area contributed by atoms with Crippen molar-refractivity contribution in [3.8, 4) is 17.1 Å². The number of halogens is 1. The molecule has 0 saturated heterocycles. The van der Waals surface area contributed by atoms with Gasteiger partial charge in [0.25, 0.3) is 0 Å². The molecule has 2 N–H and O–H groups in total. The highest BCUT2D eigenvalue weighted by molar-refractivity contribution is 9.10. The monoisotopic (exact) mass is 357 g/mol. The molecule has 0 radical (unpaired) electrons. The van der Waals surface area contributed by atoms with Crippen molar-refractivity contribution < 1.29 is 9.52 Å². The summed E-state index contributed by atoms with van der Waals surface area (Å²) in [4.78, 5) is 0. The Bertz CT molecular complexity index is 778. The standard InChI is InChI=1S/C18H16BrNO2/c1-12-10-13(2-8-17(12)19)18-9-7-16(22-18)11-20-14-3-5-15(21)6-4-14/h2-10,20-21H,11H2,1H3. The molecule has 0 aliphatic rings. The number of hydrogen-bond donors (Lipinski definition) is 2. The second-order valence-electron chi connectivity index (χ2n) is 5.13. The molecule has 0 spiro atoms. The molecule has 112 valence electrons. The van der Waals surface area contributed by atoms with Crippen LogP contribution < -0.4 is 5.32 Å². The third kappa shape index (κ3) is 3.34. The Morgan fingerprint density at radius 2 is 1.82 bits per heavy atom. The van der Waals surface area contributed by atoms with Crippen molar-refractivity contribution >= 4 is 21.6 Å². The Morgan fingerprint density at radius 1 is 1.05 bits per heavy atom. The molecule has 0 aliphatic carbocycles. The molecule has 3 nitrogen and oxygen atoms in total. The minimum Gasteiger partial charge on any atom is -0.508 e. The number of furan rings is 1. The summed E-state index contributed by atoms with van der Waals surface area (Å²) in [5.41, 5.74) is 3.18. The molecule has 0 fully saturated rings. The zero-order valence-corrected chi connectivity index (χ0v) is 13.7. The van der Waals surface area contributed by atoms with Gasteiger partial charge < -0.3 is 14.8 Å². The Morgan fingerprint density at radius 3 is 2.55 bits per heavy atom. The van der Waals surface area contributed by atoms with Gasteiger partial charge in [-0.1, -0.05) is 22.0 Å². The topological polar surface area (TPSA) is 45.4 Å². The number of benzene rings is 2. The van der Waals surface area contributed by atoms with E-state index in [2.05, 4.69) is 34.2 Å². The number of aromatic hydroxyl groups is 1. The van der Waals surface area contributed by atoms with Crippen molar-refractivity contribution in [3.63, 3.8) is 0 Å². The van der Waals surface area contributed by atoms with Crippen LogP contribution in [0, 0.1) is 6.92 Å². The highest BCUT2D eigenvalue weighted by Crippen LogP contribution is 2.27. The van der Waals surface area contributed by atoms with Gasteiger partial charge in [0, 0.05) is 15.7 Å². The fraction of sp³-hybridized carbons (Fsp3) is 0.111. The third-order valence-corrected chi connectivity index (χ3v) is 4.33. The highest BCUT2D eigenvalue weighted by Gasteiger charge is 2.06. The van der Waals surface area contributed by atoms with Crippen molar-refractivity contribution in [3.05, 3.63) is 70.4 Å². The van der Waals surface area contributed by atoms with E-state index in [1.807, 2.05) is 36.4 Å². The summed E-state index contributed by atoms with van der Waals surface area (Å²) in [6.07, 6.45) is 0. The molecule has 0 bridgehead atoms. The van der Waals surface area contributed by atoms with E-state index in [1.165, 1.54) is 5.56 Å². The lowest BCUT2D eigenvalue weighted by molar-refractivity contribution is 0.475. The van der Waals surface area contributed by atoms with Crippen LogP contribution in [0.15, 0.2) is 63.5 Å². The number of phenolic OH excluding ortho intramolecular Hbond substituents is 1. The maximum Gasteiger partial charge on any atom is 0.134 e. The fourth-order valence-electron chi connectivity index (χ4n) is 2.19. The van der Waals surface area contributed by atoms with Crippen molar-refractivity contribution in [1.82, 2.24) is 0 Å². The van der Waals surface area contributed by atoms with E-state index >= 15 is 0 Å². The van der Waals surface area contributed by atoms with Gasteiger partial charge in [-0.3, -0.25) is 0 Å². The van der Waals surface area contributed by atoms with Gasteiger partial charge in [-0.25, -0.2) is 0 Å². The molecule has 0 unspecified atom stereocenters. The van der Waals surface area contributed by atoms with Crippen molar-refractivity contribution in [2.45, 2.75) is 13.5 Å². The van der Waals surface area contributed by atoms with Crippen LogP contribution in [0.4, 0.5) is 5.69 Å². The van der Waals surface area contributed by atoms with E-state index in [1.54, 1.807) is 12.1 Å². The van der Waals surface area contributed by atoms with Crippen LogP contribution in [-0.4, -0.2) is 5.11 Å². The van der Waals surface area contributed by atoms with Crippen LogP contribution in [0.3, 0.4) is 0 Å². The lowest BCUT2D eigenvalue weighted by atomic mass is 10.1. The van der Waals surface area contributed by atoms with Gasteiger partial charge in [-0.05, 0) is 61.0 Å². The second-order valence-corrected chi connectivity index (χ2v) is 5.98. The van der Waals surface area contributed by atoms with Crippen LogP contribution in [0.1, 0.15) is 11.3 Å². The van der Waals surface area contributed by atoms with Crippen LogP contribution in [0.2, 0.25) is 0 Å². The first-order valence-corrected chi connectivity index (χ1v) is 7.79. The van der Waals surface area contributed by atoms with E-state index in [9.17, 15) is 5.11 Å². The molecule has 2 aromatic carbocycles. The summed E-state index contributed by atoms with van der Waals surface area (Å²) in [5, 5.41) is 12.5. The van der Waals surface area contributed by atoms with Gasteiger partial charge in [0.2, 0.25) is 0 Å². The summed E-state index contributed by atoms with van der Waals surface area (Å²) >= 11 is 3.50. The van der Waals surface area contributed by atoms with E-state index < -0.39 is 0 Å². The van der Waals surface area contributed by atoms with Gasteiger partial charge in [-0.2, -0.15) is 0 Å². The Kier molecular flexibility index (Phi) is 4.20. The Balaban J connectivity index is 1.70. The minimum absolute atomic E-state index is 0.261. The molecular formula is C18H16BrNO2. The Labute approximate surface area is 137 Å². The number of phenols is 1. The predicted molar refractivity (Wildman–Crippen MR) is 92.0 cm³/mol. The van der Waals surface area contributed by atoms with Crippen LogP contribution in [-0.2, 0) is 6.54 Å². The highest BCUT2D eigenvalue weighted by atomic mass is 79.9. The normalized spacial score (nSPS) is 10.6. The molecule has 22 heavy (non-hydrogen) atoms. The van der Waals surface area contributed by atoms with Gasteiger partial charge in [0.1, 0.15) is 17.3 Å². The quantitative estimate of drug-likeness (QED) is 0.619. The lowest BCUT2D eigenvalue weighted by Crippen LogP contribution is -1.97. The van der Waals surface area contributed by atoms with Gasteiger partial charge in [0.15, 0.2) is 0 Å². The van der Waals surface area contributed by atoms with E-state index in [0.717, 1.165) is 27.2 Å². The summed E-state index contributed by atoms with van der Waals surface area (Å²) in [5.74, 6) is 1.98. The zero-order valence-electron chi connectivity index (χ0n) is 12.1. The smallest absolute Gasteiger partial charge is 0.134 e. The predicted octanol–water partition coefficient (Wildman–Crippen LogP) is 5.34. The first kappa shape index (κ1) is 14.7. The van der Waals surface area contributed by atoms with Crippen molar-refractivity contribution in [1.29, 1.82) is 0 Å². The molecule has 0 saturated carbocycles. The second kappa shape index (κ2) is 6.28. The molecule has 0 aliphatic heterocycles. The maximum atomic E-state index is 9.26. The summed E-state index contributed by atoms with van der Waals surface area (Å²) in [7, 11) is 0. The minimum atomic E-state index is 0.261. The molecular weight excluding hydrogens is 342 g/mol. The lowest BCUT2D eigenvalue weighted by Gasteiger charge is -2.05. The number of rotatable bonds is 4. The van der Waals surface area contributed by atoms with Gasteiger partial charge in [0.05, 0.1) is 6.54 Å². The van der Waals surface area contributed by atoms with Crippen LogP contribution >= 0.6 is 15.9 Å². The zero-order chi connectivity index (χ0) is 15.5. The van der Waals surface area contributed by atoms with Crippen LogP contribution in [0.5, 0.6) is 5.75 Å². The number of hydrogen-bond acceptors (Lipinski definition) is 3. The number of anilines is 1. The maximum absolute atomic E-state index is 9.26. The van der Waals surface area contributed by atoms with E-state index in [-0.39, 0.29) is 5.75 Å². The molecule has 0 atom stereocenters. The van der Waals surface area contributed by atoms with Crippen molar-refractivity contribution in [2.75, 3.05) is 5.32 Å². The average Bonchev–Trinajstić information content (AvgIpc) is 2.98. The SMILES string of the molecule is Cc1cc(-c2ccc(CNc3ccc(O)cc3)o2)ccc1Br. The van der Waals surface area contributed by atoms with Gasteiger partial charge in [-0.15, -0.1) is 0 Å². The first-order chi connectivity index (χ1) is 10.6. The van der Waals surface area contributed by atoms with E-state index in [4.69, 9.17) is 4.42 Å². The van der Waals surface area contributed by atoms with Crippen molar-refractivity contribution in [2.24, 2.45) is 0 Å². The Hall–Kier alpha value is -2.20. The van der Waals surface area contributed by atoms with Crippen LogP contribution in [0.25, 0.3) is 11.3 Å². The van der Waals surface area contributed by atoms with Gasteiger partial charge >= 0.3 is 0 Å². The molecule has 3 rings (SSSR count). The molecule has 1 heterocycles. The molecule has 1 aromatic heterocycles. The number of nitrogens with one attached hydrogen (secondary N) is 1. The summed E-state index contributed by atoms with van der Waals surface area (Å²) in [6, 6.07) is 17.1. The summed E-state index contributed by atoms with van der Waals surface area (Å²) in [6.45, 7) is 2.66. The summed E-state index contributed by atoms with van der Waals surface area (Å²) < 4.78 is 6.98.